The second-order valence-electron chi connectivity index (χ2n) is 9.80. The second-order valence-corrected chi connectivity index (χ2v) is 9.80. The third-order valence-corrected chi connectivity index (χ3v) is 7.07. The molecule has 1 aromatic rings. The van der Waals surface area contributed by atoms with Crippen molar-refractivity contribution in [1.29, 1.82) is 0 Å². The minimum Gasteiger partial charge on any atom is -0.434 e. The molecule has 0 fully saturated rings. The van der Waals surface area contributed by atoms with Crippen LogP contribution in [0.4, 0.5) is 10.5 Å². The fourth-order valence-electron chi connectivity index (χ4n) is 4.45. The Balaban J connectivity index is 2.25. The first-order chi connectivity index (χ1) is 16.9. The number of quaternary nitrogens is 1. The van der Waals surface area contributed by atoms with Gasteiger partial charge in [0, 0.05) is 5.69 Å². The van der Waals surface area contributed by atoms with Gasteiger partial charge < -0.3 is 19.3 Å². The number of hydrogen-bond donors (Lipinski definition) is 1. The molecule has 0 heterocycles. The van der Waals surface area contributed by atoms with Gasteiger partial charge in [0.15, 0.2) is 6.54 Å². The molecule has 0 spiro atoms. The summed E-state index contributed by atoms with van der Waals surface area (Å²) in [6.45, 7) is 13.5. The number of nitrogens with zero attached hydrogens (tertiary/aromatic N) is 1. The molecule has 0 saturated carbocycles. The van der Waals surface area contributed by atoms with Gasteiger partial charge in [-0.3, -0.25) is 4.79 Å². The third-order valence-electron chi connectivity index (χ3n) is 7.07. The van der Waals surface area contributed by atoms with Crippen LogP contribution in [0.1, 0.15) is 96.1 Å². The van der Waals surface area contributed by atoms with Gasteiger partial charge in [-0.1, -0.05) is 82.9 Å². The molecule has 1 amide bonds. The number of ether oxygens (including phenoxy) is 2. The summed E-state index contributed by atoms with van der Waals surface area (Å²) in [5.41, 5.74) is 2.99. The summed E-state index contributed by atoms with van der Waals surface area (Å²) < 4.78 is 11.1. The zero-order chi connectivity index (χ0) is 25.9. The number of carbonyl (C=O) groups excluding carboxylic acids is 2. The number of para-hydroxylation sites is 1. The number of hydrogen-bond acceptors (Lipinski definition) is 4. The lowest BCUT2D eigenvalue weighted by molar-refractivity contribution is -0.917. The zero-order valence-electron chi connectivity index (χ0n) is 23.1. The lowest BCUT2D eigenvalue weighted by Crippen LogP contribution is -2.54. The quantitative estimate of drug-likeness (QED) is 0.127. The first-order valence-electron chi connectivity index (χ1n) is 13.9. The van der Waals surface area contributed by atoms with Gasteiger partial charge in [0.25, 0.3) is 5.91 Å². The average Bonchev–Trinajstić information content (AvgIpc) is 2.84. The normalized spacial score (nSPS) is 11.3. The first-order valence-corrected chi connectivity index (χ1v) is 13.9. The van der Waals surface area contributed by atoms with Crippen LogP contribution >= 0.6 is 0 Å². The van der Waals surface area contributed by atoms with Crippen LogP contribution in [0.2, 0.25) is 0 Å². The van der Waals surface area contributed by atoms with Crippen molar-refractivity contribution >= 4 is 17.7 Å². The van der Waals surface area contributed by atoms with Crippen molar-refractivity contribution in [3.05, 3.63) is 29.3 Å². The topological polar surface area (TPSA) is 64.6 Å². The Morgan fingerprint density at radius 3 is 1.83 bits per heavy atom. The molecule has 0 saturated heterocycles. The number of amides is 1. The van der Waals surface area contributed by atoms with Crippen LogP contribution in [-0.2, 0) is 14.3 Å². The monoisotopic (exact) mass is 491 g/mol. The predicted octanol–water partition coefficient (Wildman–Crippen LogP) is 7.17. The van der Waals surface area contributed by atoms with Crippen LogP contribution < -0.4 is 5.32 Å². The maximum Gasteiger partial charge on any atom is 0.508 e. The van der Waals surface area contributed by atoms with Gasteiger partial charge in [-0.25, -0.2) is 4.79 Å². The Hall–Kier alpha value is -2.08. The Labute approximate surface area is 214 Å². The van der Waals surface area contributed by atoms with Gasteiger partial charge in [0.2, 0.25) is 0 Å². The van der Waals surface area contributed by atoms with E-state index in [9.17, 15) is 9.59 Å². The number of benzene rings is 1. The number of rotatable bonds is 19. The van der Waals surface area contributed by atoms with Crippen LogP contribution in [0.5, 0.6) is 0 Å². The van der Waals surface area contributed by atoms with Crippen LogP contribution in [0.25, 0.3) is 0 Å². The van der Waals surface area contributed by atoms with E-state index >= 15 is 0 Å². The van der Waals surface area contributed by atoms with E-state index in [-0.39, 0.29) is 12.5 Å². The maximum atomic E-state index is 12.8. The maximum absolute atomic E-state index is 12.8. The van der Waals surface area contributed by atoms with Crippen LogP contribution in [0.3, 0.4) is 0 Å². The molecule has 0 aliphatic carbocycles. The number of anilines is 1. The van der Waals surface area contributed by atoms with Gasteiger partial charge >= 0.3 is 6.16 Å². The predicted molar refractivity (Wildman–Crippen MR) is 145 cm³/mol. The van der Waals surface area contributed by atoms with Gasteiger partial charge in [0.1, 0.15) is 13.2 Å². The summed E-state index contributed by atoms with van der Waals surface area (Å²) in [5, 5.41) is 3.08. The van der Waals surface area contributed by atoms with Crippen molar-refractivity contribution in [2.75, 3.05) is 44.7 Å². The summed E-state index contributed by atoms with van der Waals surface area (Å²) >= 11 is 0. The SMILES string of the molecule is CCCCCCCCCCCCOC(=O)OCC[N+](CC)(CC)CC(=O)Nc1c(C)cccc1C. The van der Waals surface area contributed by atoms with E-state index in [0.29, 0.717) is 24.2 Å². The molecular formula is C29H51N2O4+. The fourth-order valence-corrected chi connectivity index (χ4v) is 4.45. The Morgan fingerprint density at radius 1 is 0.771 bits per heavy atom. The highest BCUT2D eigenvalue weighted by Crippen LogP contribution is 2.20. The standard InChI is InChI=1S/C29H50N2O4/c1-6-9-10-11-12-13-14-15-16-17-22-34-29(33)35-23-21-31(7-2,8-3)24-27(32)30-28-25(4)19-18-20-26(28)5/h18-20H,6-17,21-24H2,1-5H3/p+1. The fraction of sp³-hybridized carbons (Fsp3) is 0.724. The smallest absolute Gasteiger partial charge is 0.434 e. The molecule has 0 radical (unpaired) electrons. The minimum absolute atomic E-state index is 0.0189. The lowest BCUT2D eigenvalue weighted by atomic mass is 10.1. The van der Waals surface area contributed by atoms with Crippen molar-refractivity contribution in [3.63, 3.8) is 0 Å². The van der Waals surface area contributed by atoms with E-state index < -0.39 is 6.16 Å². The van der Waals surface area contributed by atoms with E-state index in [1.165, 1.54) is 51.4 Å². The summed E-state index contributed by atoms with van der Waals surface area (Å²) in [7, 11) is 0. The van der Waals surface area contributed by atoms with E-state index in [1.54, 1.807) is 0 Å². The van der Waals surface area contributed by atoms with Crippen molar-refractivity contribution in [1.82, 2.24) is 0 Å². The molecule has 1 rings (SSSR count). The summed E-state index contributed by atoms with van der Waals surface area (Å²) in [4.78, 5) is 24.8. The van der Waals surface area contributed by atoms with Crippen LogP contribution in [0.15, 0.2) is 18.2 Å². The Kier molecular flexibility index (Phi) is 16.1. The van der Waals surface area contributed by atoms with Crippen molar-refractivity contribution < 1.29 is 23.5 Å². The molecule has 1 N–H and O–H groups in total. The largest absolute Gasteiger partial charge is 0.508 e. The van der Waals surface area contributed by atoms with Crippen LogP contribution in [0, 0.1) is 13.8 Å². The summed E-state index contributed by atoms with van der Waals surface area (Å²) in [5.74, 6) is -0.0189. The van der Waals surface area contributed by atoms with Crippen molar-refractivity contribution in [2.45, 2.75) is 98.8 Å². The van der Waals surface area contributed by atoms with Gasteiger partial charge in [-0.2, -0.15) is 0 Å². The molecule has 0 unspecified atom stereocenters. The number of carbonyl (C=O) groups is 2. The van der Waals surface area contributed by atoms with Gasteiger partial charge in [0.05, 0.1) is 19.7 Å². The van der Waals surface area contributed by atoms with Gasteiger partial charge in [-0.15, -0.1) is 0 Å². The number of aryl methyl sites for hydroxylation is 2. The minimum atomic E-state index is -0.605. The molecule has 0 atom stereocenters. The molecule has 0 aromatic heterocycles. The molecular weight excluding hydrogens is 440 g/mol. The zero-order valence-corrected chi connectivity index (χ0v) is 23.1. The molecule has 0 aliphatic rings. The average molecular weight is 492 g/mol. The van der Waals surface area contributed by atoms with E-state index in [4.69, 9.17) is 9.47 Å². The molecule has 6 nitrogen and oxygen atoms in total. The summed E-state index contributed by atoms with van der Waals surface area (Å²) in [6.07, 6.45) is 11.8. The Morgan fingerprint density at radius 2 is 1.29 bits per heavy atom. The molecule has 1 aromatic carbocycles. The third kappa shape index (κ3) is 13.0. The second kappa shape index (κ2) is 18.2. The molecule has 35 heavy (non-hydrogen) atoms. The van der Waals surface area contributed by atoms with E-state index in [1.807, 2.05) is 32.0 Å². The number of unbranched alkanes of at least 4 members (excludes halogenated alkanes) is 9. The van der Waals surface area contributed by atoms with Gasteiger partial charge in [-0.05, 0) is 45.2 Å². The molecule has 0 aliphatic heterocycles. The van der Waals surface area contributed by atoms with Crippen molar-refractivity contribution in [3.8, 4) is 0 Å². The van der Waals surface area contributed by atoms with Crippen LogP contribution in [-0.4, -0.2) is 55.9 Å². The van der Waals surface area contributed by atoms with E-state index in [0.717, 1.165) is 42.7 Å². The summed E-state index contributed by atoms with van der Waals surface area (Å²) in [6, 6.07) is 5.99. The number of likely N-dealkylation sites (N-methyl/N-ethyl adjacent to an activating group) is 1. The molecule has 6 heteroatoms. The Bertz CT molecular complexity index is 711. The lowest BCUT2D eigenvalue weighted by Gasteiger charge is -2.35. The van der Waals surface area contributed by atoms with E-state index in [2.05, 4.69) is 26.1 Å². The van der Waals surface area contributed by atoms with Crippen molar-refractivity contribution in [2.24, 2.45) is 0 Å². The highest BCUT2D eigenvalue weighted by atomic mass is 16.7. The molecule has 200 valence electrons. The highest BCUT2D eigenvalue weighted by Gasteiger charge is 2.28. The first kappa shape index (κ1) is 31.0. The number of nitrogens with one attached hydrogen (secondary N) is 1. The molecule has 0 bridgehead atoms. The highest BCUT2D eigenvalue weighted by molar-refractivity contribution is 5.93.